The predicted molar refractivity (Wildman–Crippen MR) is 47.8 cm³/mol. The molecule has 4 nitrogen and oxygen atoms in total. The minimum atomic E-state index is -0.261. The standard InChI is InChI=1S/C8H13N3O/c1-2-3-5-11-6-4-7(9)10-8(11)12/h4,6H,2-3,5H2,1H3,(H2,9,10,12). The van der Waals surface area contributed by atoms with Crippen molar-refractivity contribution in [1.29, 1.82) is 0 Å². The number of rotatable bonds is 3. The molecule has 0 saturated heterocycles. The Morgan fingerprint density at radius 2 is 2.42 bits per heavy atom. The summed E-state index contributed by atoms with van der Waals surface area (Å²) in [4.78, 5) is 14.7. The molecule has 0 unspecified atom stereocenters. The summed E-state index contributed by atoms with van der Waals surface area (Å²) in [5.41, 5.74) is 5.07. The van der Waals surface area contributed by atoms with Crippen molar-refractivity contribution >= 4 is 5.82 Å². The Morgan fingerprint density at radius 3 is 3.00 bits per heavy atom. The number of nitrogens with zero attached hydrogens (tertiary/aromatic N) is 2. The van der Waals surface area contributed by atoms with Crippen LogP contribution in [-0.2, 0) is 6.54 Å². The van der Waals surface area contributed by atoms with Crippen molar-refractivity contribution in [3.63, 3.8) is 0 Å². The van der Waals surface area contributed by atoms with Gasteiger partial charge in [-0.25, -0.2) is 4.79 Å². The molecule has 12 heavy (non-hydrogen) atoms. The number of anilines is 1. The fourth-order valence-corrected chi connectivity index (χ4v) is 0.941. The maximum absolute atomic E-state index is 11.1. The zero-order chi connectivity index (χ0) is 8.97. The van der Waals surface area contributed by atoms with Crippen LogP contribution in [0.5, 0.6) is 0 Å². The fourth-order valence-electron chi connectivity index (χ4n) is 0.941. The van der Waals surface area contributed by atoms with E-state index in [2.05, 4.69) is 11.9 Å². The van der Waals surface area contributed by atoms with Crippen LogP contribution < -0.4 is 11.4 Å². The first-order valence-electron chi connectivity index (χ1n) is 4.07. The molecule has 0 fully saturated rings. The van der Waals surface area contributed by atoms with Gasteiger partial charge in [0.05, 0.1) is 0 Å². The molecule has 0 aliphatic carbocycles. The summed E-state index contributed by atoms with van der Waals surface area (Å²) in [6.07, 6.45) is 3.74. The highest BCUT2D eigenvalue weighted by Gasteiger charge is 1.95. The van der Waals surface area contributed by atoms with Crippen molar-refractivity contribution < 1.29 is 0 Å². The van der Waals surface area contributed by atoms with E-state index in [1.807, 2.05) is 0 Å². The Labute approximate surface area is 71.0 Å². The number of hydrogen-bond donors (Lipinski definition) is 1. The largest absolute Gasteiger partial charge is 0.383 e. The van der Waals surface area contributed by atoms with E-state index in [-0.39, 0.29) is 11.5 Å². The molecular formula is C8H13N3O. The molecule has 66 valence electrons. The first-order valence-corrected chi connectivity index (χ1v) is 4.07. The van der Waals surface area contributed by atoms with E-state index in [9.17, 15) is 4.79 Å². The maximum Gasteiger partial charge on any atom is 0.349 e. The van der Waals surface area contributed by atoms with Crippen molar-refractivity contribution in [1.82, 2.24) is 9.55 Å². The van der Waals surface area contributed by atoms with Gasteiger partial charge in [-0.05, 0) is 12.5 Å². The molecule has 0 radical (unpaired) electrons. The van der Waals surface area contributed by atoms with Crippen molar-refractivity contribution in [2.24, 2.45) is 0 Å². The van der Waals surface area contributed by atoms with Crippen LogP contribution in [0.25, 0.3) is 0 Å². The van der Waals surface area contributed by atoms with Crippen LogP contribution in [0.4, 0.5) is 5.82 Å². The fraction of sp³-hybridized carbons (Fsp3) is 0.500. The zero-order valence-corrected chi connectivity index (χ0v) is 7.16. The maximum atomic E-state index is 11.1. The molecule has 0 saturated carbocycles. The van der Waals surface area contributed by atoms with Crippen molar-refractivity contribution in [2.75, 3.05) is 5.73 Å². The SMILES string of the molecule is CCCCn1ccc(N)nc1=O. The molecule has 0 aliphatic rings. The Bertz CT molecular complexity index is 305. The second-order valence-electron chi connectivity index (χ2n) is 2.68. The third-order valence-electron chi connectivity index (χ3n) is 1.65. The molecule has 4 heteroatoms. The zero-order valence-electron chi connectivity index (χ0n) is 7.16. The smallest absolute Gasteiger partial charge is 0.349 e. The highest BCUT2D eigenvalue weighted by atomic mass is 16.1. The minimum absolute atomic E-state index is 0.261. The third-order valence-corrected chi connectivity index (χ3v) is 1.65. The van der Waals surface area contributed by atoms with Gasteiger partial charge >= 0.3 is 5.69 Å². The monoisotopic (exact) mass is 167 g/mol. The van der Waals surface area contributed by atoms with E-state index < -0.39 is 0 Å². The molecule has 0 aromatic carbocycles. The van der Waals surface area contributed by atoms with Gasteiger partial charge in [0.25, 0.3) is 0 Å². The number of nitrogens with two attached hydrogens (primary N) is 1. The molecular weight excluding hydrogens is 154 g/mol. The summed E-state index contributed by atoms with van der Waals surface area (Å²) in [6, 6.07) is 1.64. The molecule has 0 atom stereocenters. The van der Waals surface area contributed by atoms with E-state index in [0.29, 0.717) is 0 Å². The lowest BCUT2D eigenvalue weighted by Gasteiger charge is -2.02. The molecule has 1 rings (SSSR count). The van der Waals surface area contributed by atoms with E-state index in [0.717, 1.165) is 19.4 Å². The van der Waals surface area contributed by atoms with Gasteiger partial charge in [-0.3, -0.25) is 4.57 Å². The lowest BCUT2D eigenvalue weighted by molar-refractivity contribution is 0.600. The lowest BCUT2D eigenvalue weighted by atomic mass is 10.3. The highest BCUT2D eigenvalue weighted by Crippen LogP contribution is 1.93. The van der Waals surface area contributed by atoms with Crippen LogP contribution in [0.2, 0.25) is 0 Å². The van der Waals surface area contributed by atoms with Gasteiger partial charge in [-0.1, -0.05) is 13.3 Å². The van der Waals surface area contributed by atoms with Crippen LogP contribution in [-0.4, -0.2) is 9.55 Å². The molecule has 2 N–H and O–H groups in total. The summed E-state index contributed by atoms with van der Waals surface area (Å²) in [5, 5.41) is 0. The lowest BCUT2D eigenvalue weighted by Crippen LogP contribution is -2.23. The predicted octanol–water partition coefficient (Wildman–Crippen LogP) is 0.626. The molecule has 1 aromatic heterocycles. The molecule has 1 aromatic rings. The van der Waals surface area contributed by atoms with E-state index in [4.69, 9.17) is 5.73 Å². The summed E-state index contributed by atoms with van der Waals surface area (Å²) in [5.74, 6) is 0.285. The summed E-state index contributed by atoms with van der Waals surface area (Å²) in [6.45, 7) is 2.80. The summed E-state index contributed by atoms with van der Waals surface area (Å²) in [7, 11) is 0. The average Bonchev–Trinajstić information content (AvgIpc) is 2.03. The van der Waals surface area contributed by atoms with Crippen LogP contribution in [0.3, 0.4) is 0 Å². The molecule has 0 aliphatic heterocycles. The average molecular weight is 167 g/mol. The quantitative estimate of drug-likeness (QED) is 0.718. The molecule has 0 bridgehead atoms. The Kier molecular flexibility index (Phi) is 2.85. The van der Waals surface area contributed by atoms with E-state index in [1.165, 1.54) is 0 Å². The van der Waals surface area contributed by atoms with Crippen LogP contribution in [0, 0.1) is 0 Å². The molecule has 0 spiro atoms. The van der Waals surface area contributed by atoms with Gasteiger partial charge in [0, 0.05) is 12.7 Å². The second-order valence-corrected chi connectivity index (χ2v) is 2.68. The Morgan fingerprint density at radius 1 is 1.67 bits per heavy atom. The van der Waals surface area contributed by atoms with E-state index in [1.54, 1.807) is 16.8 Å². The van der Waals surface area contributed by atoms with Gasteiger partial charge in [-0.2, -0.15) is 4.98 Å². The first kappa shape index (κ1) is 8.77. The normalized spacial score (nSPS) is 10.1. The number of aryl methyl sites for hydroxylation is 1. The number of hydrogen-bond acceptors (Lipinski definition) is 3. The van der Waals surface area contributed by atoms with Crippen LogP contribution in [0.1, 0.15) is 19.8 Å². The first-order chi connectivity index (χ1) is 5.74. The van der Waals surface area contributed by atoms with Crippen molar-refractivity contribution in [3.05, 3.63) is 22.7 Å². The van der Waals surface area contributed by atoms with Gasteiger partial charge in [-0.15, -0.1) is 0 Å². The number of unbranched alkanes of at least 4 members (excludes halogenated alkanes) is 1. The van der Waals surface area contributed by atoms with E-state index >= 15 is 0 Å². The highest BCUT2D eigenvalue weighted by molar-refractivity contribution is 5.23. The van der Waals surface area contributed by atoms with Crippen LogP contribution >= 0.6 is 0 Å². The Balaban J connectivity index is 2.80. The van der Waals surface area contributed by atoms with Crippen LogP contribution in [0.15, 0.2) is 17.1 Å². The number of nitrogen functional groups attached to an aromatic ring is 1. The topological polar surface area (TPSA) is 60.9 Å². The summed E-state index contributed by atoms with van der Waals surface area (Å²) < 4.78 is 1.57. The van der Waals surface area contributed by atoms with Crippen molar-refractivity contribution in [2.45, 2.75) is 26.3 Å². The number of aromatic nitrogens is 2. The molecule has 0 amide bonds. The van der Waals surface area contributed by atoms with Crippen molar-refractivity contribution in [3.8, 4) is 0 Å². The van der Waals surface area contributed by atoms with Gasteiger partial charge in [0.1, 0.15) is 5.82 Å². The minimum Gasteiger partial charge on any atom is -0.383 e. The van der Waals surface area contributed by atoms with Gasteiger partial charge in [0.15, 0.2) is 0 Å². The summed E-state index contributed by atoms with van der Waals surface area (Å²) >= 11 is 0. The second kappa shape index (κ2) is 3.90. The Hall–Kier alpha value is -1.32. The van der Waals surface area contributed by atoms with Gasteiger partial charge in [0.2, 0.25) is 0 Å². The van der Waals surface area contributed by atoms with Gasteiger partial charge < -0.3 is 5.73 Å². The molecule has 1 heterocycles. The third kappa shape index (κ3) is 2.08.